The number of carbonyl (C=O) groups excluding carboxylic acids is 1. The van der Waals surface area contributed by atoms with Gasteiger partial charge in [-0.2, -0.15) is 0 Å². The van der Waals surface area contributed by atoms with Crippen LogP contribution in [0.1, 0.15) is 33.6 Å². The molecule has 1 rings (SSSR count). The zero-order chi connectivity index (χ0) is 11.3. The third-order valence-electron chi connectivity index (χ3n) is 2.80. The van der Waals surface area contributed by atoms with Crippen molar-refractivity contribution in [3.05, 3.63) is 0 Å². The van der Waals surface area contributed by atoms with Gasteiger partial charge in [0.25, 0.3) is 0 Å². The van der Waals surface area contributed by atoms with E-state index in [4.69, 9.17) is 0 Å². The highest BCUT2D eigenvalue weighted by Crippen LogP contribution is 2.25. The van der Waals surface area contributed by atoms with E-state index in [-0.39, 0.29) is 5.91 Å². The minimum atomic E-state index is 0.277. The van der Waals surface area contributed by atoms with Crippen LogP contribution in [0.2, 0.25) is 0 Å². The number of nitrogens with zero attached hydrogens (tertiary/aromatic N) is 1. The molecule has 1 aliphatic rings. The van der Waals surface area contributed by atoms with Gasteiger partial charge < -0.3 is 10.2 Å². The molecule has 1 fully saturated rings. The Balaban J connectivity index is 2.36. The molecule has 15 heavy (non-hydrogen) atoms. The summed E-state index contributed by atoms with van der Waals surface area (Å²) in [7, 11) is 0. The molecule has 88 valence electrons. The van der Waals surface area contributed by atoms with Gasteiger partial charge in [0.1, 0.15) is 0 Å². The molecule has 2 unspecified atom stereocenters. The van der Waals surface area contributed by atoms with Crippen LogP contribution in [0.25, 0.3) is 0 Å². The first-order valence-electron chi connectivity index (χ1n) is 5.84. The molecule has 4 heteroatoms. The summed E-state index contributed by atoms with van der Waals surface area (Å²) < 4.78 is 0. The van der Waals surface area contributed by atoms with Crippen molar-refractivity contribution in [1.29, 1.82) is 0 Å². The third-order valence-corrected chi connectivity index (χ3v) is 4.16. The fraction of sp³-hybridized carbons (Fsp3) is 0.909. The highest BCUT2D eigenvalue weighted by molar-refractivity contribution is 8.00. The quantitative estimate of drug-likeness (QED) is 0.797. The van der Waals surface area contributed by atoms with Crippen molar-refractivity contribution in [3.63, 3.8) is 0 Å². The first-order valence-corrected chi connectivity index (χ1v) is 6.78. The molecule has 0 aromatic carbocycles. The molecule has 1 heterocycles. The van der Waals surface area contributed by atoms with Crippen LogP contribution in [0.3, 0.4) is 0 Å². The Labute approximate surface area is 97.0 Å². The molecule has 3 nitrogen and oxygen atoms in total. The van der Waals surface area contributed by atoms with Crippen molar-refractivity contribution in [2.45, 2.75) is 44.2 Å². The maximum absolute atomic E-state index is 11.9. The van der Waals surface area contributed by atoms with Gasteiger partial charge in [0, 0.05) is 18.3 Å². The average Bonchev–Trinajstić information content (AvgIpc) is 2.19. The zero-order valence-electron chi connectivity index (χ0n) is 9.95. The van der Waals surface area contributed by atoms with Crippen LogP contribution in [-0.2, 0) is 4.79 Å². The molecule has 0 saturated carbocycles. The van der Waals surface area contributed by atoms with Gasteiger partial charge in [-0.25, -0.2) is 0 Å². The fourth-order valence-electron chi connectivity index (χ4n) is 1.83. The molecule has 0 aromatic rings. The van der Waals surface area contributed by atoms with E-state index in [1.807, 2.05) is 30.5 Å². The average molecular weight is 230 g/mol. The molecular formula is C11H22N2OS. The molecule has 1 amide bonds. The first-order chi connectivity index (χ1) is 7.17. The van der Waals surface area contributed by atoms with Crippen LogP contribution >= 0.6 is 11.8 Å². The lowest BCUT2D eigenvalue weighted by molar-refractivity contribution is -0.130. The molecule has 1 aliphatic heterocycles. The van der Waals surface area contributed by atoms with Crippen LogP contribution in [0.4, 0.5) is 0 Å². The van der Waals surface area contributed by atoms with Gasteiger partial charge in [-0.3, -0.25) is 4.79 Å². The monoisotopic (exact) mass is 230 g/mol. The van der Waals surface area contributed by atoms with Crippen LogP contribution in [0.15, 0.2) is 0 Å². The minimum Gasteiger partial charge on any atom is -0.343 e. The molecule has 0 bridgehead atoms. The van der Waals surface area contributed by atoms with Gasteiger partial charge in [-0.1, -0.05) is 6.92 Å². The number of rotatable bonds is 4. The second-order valence-electron chi connectivity index (χ2n) is 3.95. The van der Waals surface area contributed by atoms with Gasteiger partial charge >= 0.3 is 0 Å². The Morgan fingerprint density at radius 1 is 1.47 bits per heavy atom. The summed E-state index contributed by atoms with van der Waals surface area (Å²) >= 11 is 1.89. The summed E-state index contributed by atoms with van der Waals surface area (Å²) in [6.45, 7) is 8.99. The molecular weight excluding hydrogens is 208 g/mol. The van der Waals surface area contributed by atoms with E-state index in [0.29, 0.717) is 17.0 Å². The fourth-order valence-corrected chi connectivity index (χ4v) is 3.10. The Bertz CT molecular complexity index is 207. The van der Waals surface area contributed by atoms with Crippen LogP contribution in [0.5, 0.6) is 0 Å². The summed E-state index contributed by atoms with van der Waals surface area (Å²) in [5.41, 5.74) is 0. The van der Waals surface area contributed by atoms with Crippen LogP contribution < -0.4 is 5.32 Å². The molecule has 2 atom stereocenters. The standard InChI is InChI=1S/C11H22N2OS/c1-4-13(5-2)11(14)8-10-12-7-6-9(3)15-10/h9-10,12H,4-8H2,1-3H3. The maximum Gasteiger partial charge on any atom is 0.224 e. The number of thioether (sulfide) groups is 1. The number of hydrogen-bond donors (Lipinski definition) is 1. The normalized spacial score (nSPS) is 26.3. The molecule has 0 aromatic heterocycles. The SMILES string of the molecule is CCN(CC)C(=O)CC1NCCC(C)S1. The third kappa shape index (κ3) is 4.03. The Morgan fingerprint density at radius 3 is 2.67 bits per heavy atom. The van der Waals surface area contributed by atoms with E-state index in [0.717, 1.165) is 19.6 Å². The lowest BCUT2D eigenvalue weighted by atomic mass is 10.3. The van der Waals surface area contributed by atoms with Crippen molar-refractivity contribution in [2.24, 2.45) is 0 Å². The maximum atomic E-state index is 11.9. The highest BCUT2D eigenvalue weighted by atomic mass is 32.2. The summed E-state index contributed by atoms with van der Waals surface area (Å²) in [6.07, 6.45) is 1.84. The zero-order valence-corrected chi connectivity index (χ0v) is 10.8. The van der Waals surface area contributed by atoms with Crippen molar-refractivity contribution < 1.29 is 4.79 Å². The van der Waals surface area contributed by atoms with Crippen LogP contribution in [0, 0.1) is 0 Å². The highest BCUT2D eigenvalue weighted by Gasteiger charge is 2.22. The van der Waals surface area contributed by atoms with Crippen molar-refractivity contribution >= 4 is 17.7 Å². The molecule has 1 saturated heterocycles. The van der Waals surface area contributed by atoms with E-state index < -0.39 is 0 Å². The van der Waals surface area contributed by atoms with E-state index >= 15 is 0 Å². The lowest BCUT2D eigenvalue weighted by Crippen LogP contribution is -2.40. The number of nitrogens with one attached hydrogen (secondary N) is 1. The van der Waals surface area contributed by atoms with Crippen molar-refractivity contribution in [1.82, 2.24) is 10.2 Å². The van der Waals surface area contributed by atoms with E-state index in [1.54, 1.807) is 0 Å². The molecule has 0 aliphatic carbocycles. The predicted molar refractivity (Wildman–Crippen MR) is 66.0 cm³/mol. The van der Waals surface area contributed by atoms with Gasteiger partial charge in [-0.05, 0) is 26.8 Å². The second-order valence-corrected chi connectivity index (χ2v) is 5.59. The largest absolute Gasteiger partial charge is 0.343 e. The summed E-state index contributed by atoms with van der Waals surface area (Å²) in [6, 6.07) is 0. The number of hydrogen-bond acceptors (Lipinski definition) is 3. The van der Waals surface area contributed by atoms with Crippen LogP contribution in [-0.4, -0.2) is 41.1 Å². The summed E-state index contributed by atoms with van der Waals surface area (Å²) in [5, 5.41) is 4.40. The van der Waals surface area contributed by atoms with Crippen molar-refractivity contribution in [3.8, 4) is 0 Å². The van der Waals surface area contributed by atoms with Gasteiger partial charge in [0.2, 0.25) is 5.91 Å². The smallest absolute Gasteiger partial charge is 0.224 e. The molecule has 0 radical (unpaired) electrons. The summed E-state index contributed by atoms with van der Waals surface area (Å²) in [4.78, 5) is 13.8. The topological polar surface area (TPSA) is 32.3 Å². The lowest BCUT2D eigenvalue weighted by Gasteiger charge is -2.29. The van der Waals surface area contributed by atoms with Gasteiger partial charge in [0.05, 0.1) is 11.8 Å². The van der Waals surface area contributed by atoms with Gasteiger partial charge in [0.15, 0.2) is 0 Å². The molecule has 0 spiro atoms. The Hall–Kier alpha value is -0.220. The van der Waals surface area contributed by atoms with E-state index in [2.05, 4.69) is 12.2 Å². The van der Waals surface area contributed by atoms with Gasteiger partial charge in [-0.15, -0.1) is 11.8 Å². The summed E-state index contributed by atoms with van der Waals surface area (Å²) in [5.74, 6) is 0.277. The minimum absolute atomic E-state index is 0.277. The first kappa shape index (κ1) is 12.8. The molecule has 1 N–H and O–H groups in total. The number of amides is 1. The Morgan fingerprint density at radius 2 is 2.13 bits per heavy atom. The Kier molecular flexibility index (Phi) is 5.47. The number of carbonyl (C=O) groups is 1. The second kappa shape index (κ2) is 6.38. The van der Waals surface area contributed by atoms with Crippen molar-refractivity contribution in [2.75, 3.05) is 19.6 Å². The predicted octanol–water partition coefficient (Wildman–Crippen LogP) is 1.69. The van der Waals surface area contributed by atoms with E-state index in [9.17, 15) is 4.79 Å². The van der Waals surface area contributed by atoms with E-state index in [1.165, 1.54) is 6.42 Å².